The van der Waals surface area contributed by atoms with Crippen LogP contribution in [0.3, 0.4) is 0 Å². The molecule has 1 aliphatic heterocycles. The fraction of sp³-hybridized carbons (Fsp3) is 0.750. The molecule has 6 nitrogen and oxygen atoms in total. The zero-order valence-corrected chi connectivity index (χ0v) is 11.0. The van der Waals surface area contributed by atoms with Gasteiger partial charge in [0.1, 0.15) is 5.82 Å². The number of hydrogen-bond donors (Lipinski definition) is 2. The molecule has 1 aliphatic rings. The van der Waals surface area contributed by atoms with Gasteiger partial charge in [0.25, 0.3) is 0 Å². The van der Waals surface area contributed by atoms with Gasteiger partial charge in [-0.2, -0.15) is 15.0 Å². The second-order valence-electron chi connectivity index (χ2n) is 4.99. The minimum absolute atomic E-state index is 0.244. The monoisotopic (exact) mass is 251 g/mol. The Morgan fingerprint density at radius 1 is 1.39 bits per heavy atom. The lowest BCUT2D eigenvalue weighted by Gasteiger charge is -2.22. The summed E-state index contributed by atoms with van der Waals surface area (Å²) < 4.78 is 5.44. The van der Waals surface area contributed by atoms with Gasteiger partial charge in [-0.1, -0.05) is 13.8 Å². The molecule has 100 valence electrons. The summed E-state index contributed by atoms with van der Waals surface area (Å²) in [5.74, 6) is 2.34. The molecule has 0 aromatic carbocycles. The quantitative estimate of drug-likeness (QED) is 0.841. The normalized spacial score (nSPS) is 20.1. The van der Waals surface area contributed by atoms with E-state index in [4.69, 9.17) is 10.5 Å². The van der Waals surface area contributed by atoms with Crippen LogP contribution in [0.5, 0.6) is 0 Å². The molecule has 2 rings (SSSR count). The maximum Gasteiger partial charge on any atom is 0.227 e. The lowest BCUT2D eigenvalue weighted by molar-refractivity contribution is 0.0594. The highest BCUT2D eigenvalue weighted by Crippen LogP contribution is 2.15. The summed E-state index contributed by atoms with van der Waals surface area (Å²) in [5.41, 5.74) is 5.68. The van der Waals surface area contributed by atoms with Gasteiger partial charge in [-0.05, 0) is 18.8 Å². The Morgan fingerprint density at radius 3 is 2.89 bits per heavy atom. The number of nitrogens with zero attached hydrogens (tertiary/aromatic N) is 3. The van der Waals surface area contributed by atoms with Crippen LogP contribution in [0.1, 0.15) is 38.4 Å². The van der Waals surface area contributed by atoms with Gasteiger partial charge in [0.15, 0.2) is 0 Å². The van der Waals surface area contributed by atoms with Gasteiger partial charge in [-0.15, -0.1) is 0 Å². The standard InChI is InChI=1S/C12H21N5O/c1-8(2)10-15-11(13)17-12(16-10)14-6-9-4-3-5-18-7-9/h8-9H,3-7H2,1-2H3,(H3,13,14,15,16,17). The van der Waals surface area contributed by atoms with Crippen molar-refractivity contribution in [3.63, 3.8) is 0 Å². The Kier molecular flexibility index (Phi) is 4.30. The van der Waals surface area contributed by atoms with Gasteiger partial charge in [-0.3, -0.25) is 0 Å². The highest BCUT2D eigenvalue weighted by molar-refractivity contribution is 5.31. The number of aromatic nitrogens is 3. The van der Waals surface area contributed by atoms with E-state index in [0.717, 1.165) is 32.0 Å². The van der Waals surface area contributed by atoms with E-state index in [0.29, 0.717) is 11.9 Å². The van der Waals surface area contributed by atoms with Gasteiger partial charge in [0.05, 0.1) is 6.61 Å². The van der Waals surface area contributed by atoms with Crippen molar-refractivity contribution in [1.82, 2.24) is 15.0 Å². The van der Waals surface area contributed by atoms with Crippen LogP contribution in [0.25, 0.3) is 0 Å². The van der Waals surface area contributed by atoms with Crippen molar-refractivity contribution in [1.29, 1.82) is 0 Å². The van der Waals surface area contributed by atoms with E-state index < -0.39 is 0 Å². The first-order valence-corrected chi connectivity index (χ1v) is 6.48. The molecule has 1 aromatic rings. The molecule has 0 spiro atoms. The molecule has 1 fully saturated rings. The van der Waals surface area contributed by atoms with E-state index in [1.807, 2.05) is 13.8 Å². The number of ether oxygens (including phenoxy) is 1. The van der Waals surface area contributed by atoms with Crippen LogP contribution in [0.15, 0.2) is 0 Å². The molecular weight excluding hydrogens is 230 g/mol. The van der Waals surface area contributed by atoms with E-state index in [9.17, 15) is 0 Å². The topological polar surface area (TPSA) is 86.0 Å². The average molecular weight is 251 g/mol. The molecule has 1 saturated heterocycles. The van der Waals surface area contributed by atoms with Crippen molar-refractivity contribution in [2.75, 3.05) is 30.8 Å². The fourth-order valence-electron chi connectivity index (χ4n) is 1.95. The number of rotatable bonds is 4. The van der Waals surface area contributed by atoms with Gasteiger partial charge < -0.3 is 15.8 Å². The maximum absolute atomic E-state index is 5.68. The zero-order chi connectivity index (χ0) is 13.0. The van der Waals surface area contributed by atoms with Gasteiger partial charge >= 0.3 is 0 Å². The molecule has 2 heterocycles. The Balaban J connectivity index is 1.95. The molecule has 3 N–H and O–H groups in total. The highest BCUT2D eigenvalue weighted by Gasteiger charge is 2.14. The Hall–Kier alpha value is -1.43. The Labute approximate surface area is 107 Å². The molecule has 0 radical (unpaired) electrons. The van der Waals surface area contributed by atoms with Crippen LogP contribution >= 0.6 is 0 Å². The molecule has 0 amide bonds. The van der Waals surface area contributed by atoms with Crippen LogP contribution in [-0.2, 0) is 4.74 Å². The summed E-state index contributed by atoms with van der Waals surface area (Å²) in [7, 11) is 0. The Bertz CT molecular complexity index is 390. The minimum atomic E-state index is 0.244. The molecule has 6 heteroatoms. The number of nitrogen functional groups attached to an aromatic ring is 1. The molecule has 1 atom stereocenters. The van der Waals surface area contributed by atoms with Crippen LogP contribution in [-0.4, -0.2) is 34.7 Å². The molecule has 0 bridgehead atoms. The smallest absolute Gasteiger partial charge is 0.227 e. The van der Waals surface area contributed by atoms with Crippen molar-refractivity contribution in [2.45, 2.75) is 32.6 Å². The minimum Gasteiger partial charge on any atom is -0.381 e. The van der Waals surface area contributed by atoms with E-state index in [1.165, 1.54) is 6.42 Å². The van der Waals surface area contributed by atoms with E-state index in [1.54, 1.807) is 0 Å². The molecule has 1 aromatic heterocycles. The molecular formula is C12H21N5O. The maximum atomic E-state index is 5.68. The molecule has 0 saturated carbocycles. The largest absolute Gasteiger partial charge is 0.381 e. The lowest BCUT2D eigenvalue weighted by Crippen LogP contribution is -2.25. The van der Waals surface area contributed by atoms with Gasteiger partial charge in [0, 0.05) is 19.1 Å². The number of anilines is 2. The van der Waals surface area contributed by atoms with Crippen LogP contribution < -0.4 is 11.1 Å². The SMILES string of the molecule is CC(C)c1nc(N)nc(NCC2CCCOC2)n1. The summed E-state index contributed by atoms with van der Waals surface area (Å²) in [6.45, 7) is 6.58. The molecule has 18 heavy (non-hydrogen) atoms. The first-order chi connectivity index (χ1) is 8.65. The van der Waals surface area contributed by atoms with E-state index >= 15 is 0 Å². The molecule has 0 aliphatic carbocycles. The summed E-state index contributed by atoms with van der Waals surface area (Å²) >= 11 is 0. The summed E-state index contributed by atoms with van der Waals surface area (Å²) in [5, 5.41) is 3.23. The number of nitrogens with one attached hydrogen (secondary N) is 1. The zero-order valence-electron chi connectivity index (χ0n) is 11.0. The first kappa shape index (κ1) is 13.0. The number of hydrogen-bond acceptors (Lipinski definition) is 6. The third-order valence-corrected chi connectivity index (χ3v) is 2.99. The van der Waals surface area contributed by atoms with Crippen molar-refractivity contribution >= 4 is 11.9 Å². The van der Waals surface area contributed by atoms with Crippen LogP contribution in [0.4, 0.5) is 11.9 Å². The van der Waals surface area contributed by atoms with Crippen molar-refractivity contribution in [3.05, 3.63) is 5.82 Å². The van der Waals surface area contributed by atoms with Crippen LogP contribution in [0.2, 0.25) is 0 Å². The Morgan fingerprint density at radius 2 is 2.22 bits per heavy atom. The fourth-order valence-corrected chi connectivity index (χ4v) is 1.95. The third kappa shape index (κ3) is 3.53. The second-order valence-corrected chi connectivity index (χ2v) is 4.99. The van der Waals surface area contributed by atoms with Crippen molar-refractivity contribution in [3.8, 4) is 0 Å². The van der Waals surface area contributed by atoms with E-state index in [2.05, 4.69) is 20.3 Å². The van der Waals surface area contributed by atoms with Crippen LogP contribution in [0, 0.1) is 5.92 Å². The van der Waals surface area contributed by atoms with Gasteiger partial charge in [-0.25, -0.2) is 0 Å². The first-order valence-electron chi connectivity index (χ1n) is 6.48. The van der Waals surface area contributed by atoms with Crippen molar-refractivity contribution < 1.29 is 4.74 Å². The summed E-state index contributed by atoms with van der Waals surface area (Å²) in [4.78, 5) is 12.6. The number of nitrogens with two attached hydrogens (primary N) is 1. The predicted molar refractivity (Wildman–Crippen MR) is 70.4 cm³/mol. The average Bonchev–Trinajstić information content (AvgIpc) is 2.37. The van der Waals surface area contributed by atoms with E-state index in [-0.39, 0.29) is 11.9 Å². The highest BCUT2D eigenvalue weighted by atomic mass is 16.5. The van der Waals surface area contributed by atoms with Gasteiger partial charge in [0.2, 0.25) is 11.9 Å². The lowest BCUT2D eigenvalue weighted by atomic mass is 10.0. The van der Waals surface area contributed by atoms with Crippen molar-refractivity contribution in [2.24, 2.45) is 5.92 Å². The third-order valence-electron chi connectivity index (χ3n) is 2.99. The second kappa shape index (κ2) is 5.95. The summed E-state index contributed by atoms with van der Waals surface area (Å²) in [6, 6.07) is 0. The summed E-state index contributed by atoms with van der Waals surface area (Å²) in [6.07, 6.45) is 2.31. The molecule has 1 unspecified atom stereocenters. The predicted octanol–water partition coefficient (Wildman–Crippen LogP) is 1.42.